The quantitative estimate of drug-likeness (QED) is 0.511. The van der Waals surface area contributed by atoms with Crippen molar-refractivity contribution in [1.29, 1.82) is 0 Å². The van der Waals surface area contributed by atoms with E-state index < -0.39 is 17.8 Å². The van der Waals surface area contributed by atoms with Gasteiger partial charge in [0.05, 0.1) is 31.4 Å². The molecule has 5 rings (SSSR count). The molecule has 1 N–H and O–H groups in total. The lowest BCUT2D eigenvalue weighted by Crippen LogP contribution is -2.44. The molecule has 0 saturated carbocycles. The maximum absolute atomic E-state index is 13.9. The molecule has 1 spiro atoms. The van der Waals surface area contributed by atoms with E-state index in [0.717, 1.165) is 11.3 Å². The second-order valence-corrected chi connectivity index (χ2v) is 10.0. The number of fused-ring (bicyclic) bond motifs is 2. The van der Waals surface area contributed by atoms with E-state index in [0.29, 0.717) is 43.9 Å². The normalized spacial score (nSPS) is 24.2. The minimum absolute atomic E-state index is 0.0984. The molecule has 2 aromatic carbocycles. The Bertz CT molecular complexity index is 1230. The third-order valence-corrected chi connectivity index (χ3v) is 7.62. The van der Waals surface area contributed by atoms with Crippen LogP contribution in [0.4, 0.5) is 16.2 Å². The second-order valence-electron chi connectivity index (χ2n) is 10.0. The van der Waals surface area contributed by atoms with Crippen LogP contribution in [0.3, 0.4) is 0 Å². The van der Waals surface area contributed by atoms with E-state index in [4.69, 9.17) is 9.47 Å². The summed E-state index contributed by atoms with van der Waals surface area (Å²) in [6.07, 6.45) is 1.39. The zero-order chi connectivity index (χ0) is 26.9. The van der Waals surface area contributed by atoms with Gasteiger partial charge in [-0.3, -0.25) is 14.5 Å². The summed E-state index contributed by atoms with van der Waals surface area (Å²) in [6, 6.07) is 15.1. The number of rotatable bonds is 9. The first-order valence-electron chi connectivity index (χ1n) is 13.0. The van der Waals surface area contributed by atoms with E-state index in [1.54, 1.807) is 20.8 Å². The summed E-state index contributed by atoms with van der Waals surface area (Å²) >= 11 is 0. The molecule has 0 aromatic heterocycles. The highest BCUT2D eigenvalue weighted by molar-refractivity contribution is 6.08. The molecule has 0 unspecified atom stereocenters. The number of amides is 3. The SMILES string of the molecule is C=CCN1C(=O)[C@]2(O[C@H](CC(=O)N(CCO)Cc3ccccc3)C[C@@H]2C)c2cc(N3CCOC3=O)ccc21. The number of anilines is 2. The first-order valence-corrected chi connectivity index (χ1v) is 13.0. The fourth-order valence-electron chi connectivity index (χ4n) is 5.83. The van der Waals surface area contributed by atoms with E-state index in [1.807, 2.05) is 55.5 Å². The highest BCUT2D eigenvalue weighted by Crippen LogP contribution is 2.54. The average molecular weight is 520 g/mol. The highest BCUT2D eigenvalue weighted by Gasteiger charge is 2.60. The van der Waals surface area contributed by atoms with Crippen molar-refractivity contribution in [2.75, 3.05) is 42.6 Å². The van der Waals surface area contributed by atoms with Crippen LogP contribution in [0, 0.1) is 5.92 Å². The van der Waals surface area contributed by atoms with Crippen molar-refractivity contribution in [3.05, 3.63) is 72.3 Å². The molecule has 0 radical (unpaired) electrons. The van der Waals surface area contributed by atoms with Crippen molar-refractivity contribution in [3.8, 4) is 0 Å². The summed E-state index contributed by atoms with van der Waals surface area (Å²) in [6.45, 7) is 7.30. The Morgan fingerprint density at radius 1 is 1.24 bits per heavy atom. The fourth-order valence-corrected chi connectivity index (χ4v) is 5.83. The van der Waals surface area contributed by atoms with Gasteiger partial charge in [-0.25, -0.2) is 4.79 Å². The molecule has 3 heterocycles. The summed E-state index contributed by atoms with van der Waals surface area (Å²) in [7, 11) is 0. The van der Waals surface area contributed by atoms with Crippen LogP contribution in [0.25, 0.3) is 0 Å². The third kappa shape index (κ3) is 4.46. The minimum Gasteiger partial charge on any atom is -0.447 e. The number of carbonyl (C=O) groups is 3. The topological polar surface area (TPSA) is 99.6 Å². The largest absolute Gasteiger partial charge is 0.447 e. The number of hydrogen-bond acceptors (Lipinski definition) is 6. The molecule has 3 aliphatic heterocycles. The Kier molecular flexibility index (Phi) is 7.23. The molecule has 9 nitrogen and oxygen atoms in total. The molecular weight excluding hydrogens is 486 g/mol. The zero-order valence-electron chi connectivity index (χ0n) is 21.5. The van der Waals surface area contributed by atoms with Crippen LogP contribution in [-0.4, -0.2) is 66.9 Å². The zero-order valence-corrected chi connectivity index (χ0v) is 21.5. The third-order valence-electron chi connectivity index (χ3n) is 7.62. The lowest BCUT2D eigenvalue weighted by molar-refractivity contribution is -0.149. The molecule has 0 bridgehead atoms. The van der Waals surface area contributed by atoms with Gasteiger partial charge in [0.1, 0.15) is 6.61 Å². The molecule has 3 amide bonds. The van der Waals surface area contributed by atoms with Crippen molar-refractivity contribution in [2.24, 2.45) is 5.92 Å². The number of nitrogens with zero attached hydrogens (tertiary/aromatic N) is 3. The number of carbonyl (C=O) groups excluding carboxylic acids is 3. The lowest BCUT2D eigenvalue weighted by atomic mass is 9.82. The van der Waals surface area contributed by atoms with E-state index in [2.05, 4.69) is 6.58 Å². The van der Waals surface area contributed by atoms with E-state index in [9.17, 15) is 19.5 Å². The summed E-state index contributed by atoms with van der Waals surface area (Å²) in [4.78, 5) is 44.3. The van der Waals surface area contributed by atoms with Crippen molar-refractivity contribution in [2.45, 2.75) is 38.0 Å². The van der Waals surface area contributed by atoms with Crippen LogP contribution in [0.2, 0.25) is 0 Å². The summed E-state index contributed by atoms with van der Waals surface area (Å²) in [5, 5.41) is 9.57. The molecule has 0 aliphatic carbocycles. The van der Waals surface area contributed by atoms with Crippen LogP contribution in [-0.2, 0) is 31.2 Å². The number of cyclic esters (lactones) is 1. The number of aliphatic hydroxyl groups excluding tert-OH is 1. The van der Waals surface area contributed by atoms with Crippen LogP contribution >= 0.6 is 0 Å². The predicted molar refractivity (Wildman–Crippen MR) is 142 cm³/mol. The average Bonchev–Trinajstić information content (AvgIpc) is 3.55. The van der Waals surface area contributed by atoms with Gasteiger partial charge in [0.15, 0.2) is 5.60 Å². The molecule has 3 aliphatic rings. The van der Waals surface area contributed by atoms with Gasteiger partial charge in [0, 0.05) is 36.8 Å². The molecule has 9 heteroatoms. The Morgan fingerprint density at radius 2 is 2.03 bits per heavy atom. The summed E-state index contributed by atoms with van der Waals surface area (Å²) in [5.41, 5.74) is 1.77. The number of ether oxygens (including phenoxy) is 2. The van der Waals surface area contributed by atoms with Crippen LogP contribution in [0.15, 0.2) is 61.2 Å². The van der Waals surface area contributed by atoms with Crippen LogP contribution < -0.4 is 9.80 Å². The van der Waals surface area contributed by atoms with Gasteiger partial charge in [0.25, 0.3) is 5.91 Å². The smallest absolute Gasteiger partial charge is 0.414 e. The van der Waals surface area contributed by atoms with Gasteiger partial charge >= 0.3 is 6.09 Å². The van der Waals surface area contributed by atoms with Crippen LogP contribution in [0.5, 0.6) is 0 Å². The Hall–Kier alpha value is -3.69. The number of benzene rings is 2. The fraction of sp³-hybridized carbons (Fsp3) is 0.414. The van der Waals surface area contributed by atoms with Crippen molar-refractivity contribution >= 4 is 29.3 Å². The van der Waals surface area contributed by atoms with Crippen molar-refractivity contribution in [3.63, 3.8) is 0 Å². The first-order chi connectivity index (χ1) is 18.4. The number of aliphatic hydroxyl groups is 1. The van der Waals surface area contributed by atoms with Gasteiger partial charge < -0.3 is 24.4 Å². The van der Waals surface area contributed by atoms with Gasteiger partial charge in [-0.15, -0.1) is 6.58 Å². The molecule has 38 heavy (non-hydrogen) atoms. The van der Waals surface area contributed by atoms with Crippen LogP contribution in [0.1, 0.15) is 30.9 Å². The Balaban J connectivity index is 1.41. The molecule has 2 fully saturated rings. The Labute approximate surface area is 222 Å². The minimum atomic E-state index is -1.26. The molecule has 2 saturated heterocycles. The monoisotopic (exact) mass is 519 g/mol. The maximum Gasteiger partial charge on any atom is 0.414 e. The van der Waals surface area contributed by atoms with Crippen molar-refractivity contribution < 1.29 is 29.0 Å². The molecule has 3 atom stereocenters. The predicted octanol–water partition coefficient (Wildman–Crippen LogP) is 3.21. The summed E-state index contributed by atoms with van der Waals surface area (Å²) in [5.74, 6) is -0.533. The van der Waals surface area contributed by atoms with E-state index in [1.165, 1.54) is 0 Å². The van der Waals surface area contributed by atoms with Crippen molar-refractivity contribution in [1.82, 2.24) is 4.90 Å². The van der Waals surface area contributed by atoms with Gasteiger partial charge in [0.2, 0.25) is 5.91 Å². The highest BCUT2D eigenvalue weighted by atomic mass is 16.6. The van der Waals surface area contributed by atoms with E-state index >= 15 is 0 Å². The standard InChI is InChI=1S/C29H33N3O6/c1-3-11-32-25-10-9-22(31-13-15-37-28(31)36)17-24(25)29(27(32)35)20(2)16-23(38-29)18-26(34)30(12-14-33)19-21-7-5-4-6-8-21/h3-10,17,20,23,33H,1,11-16,18-19H2,2H3/t20-,23-,29+/m0/s1. The lowest BCUT2D eigenvalue weighted by Gasteiger charge is -2.29. The molecule has 200 valence electrons. The summed E-state index contributed by atoms with van der Waals surface area (Å²) < 4.78 is 11.7. The molecular formula is C29H33N3O6. The first kappa shape index (κ1) is 25.9. The van der Waals surface area contributed by atoms with Gasteiger partial charge in [-0.1, -0.05) is 43.3 Å². The van der Waals surface area contributed by atoms with Gasteiger partial charge in [-0.05, 0) is 30.2 Å². The Morgan fingerprint density at radius 3 is 2.71 bits per heavy atom. The van der Waals surface area contributed by atoms with E-state index in [-0.39, 0.29) is 37.3 Å². The molecule has 2 aromatic rings. The number of hydrogen-bond donors (Lipinski definition) is 1. The maximum atomic E-state index is 13.9. The second kappa shape index (κ2) is 10.6. The van der Waals surface area contributed by atoms with Gasteiger partial charge in [-0.2, -0.15) is 0 Å².